The molecule has 0 spiro atoms. The van der Waals surface area contributed by atoms with Gasteiger partial charge in [-0.15, -0.1) is 0 Å². The second kappa shape index (κ2) is 7.98. The highest BCUT2D eigenvalue weighted by atomic mass is 16.7. The van der Waals surface area contributed by atoms with Crippen LogP contribution in [0.2, 0.25) is 0 Å². The van der Waals surface area contributed by atoms with Gasteiger partial charge in [-0.2, -0.15) is 0 Å². The third-order valence-electron chi connectivity index (χ3n) is 7.85. The van der Waals surface area contributed by atoms with Crippen LogP contribution in [0.3, 0.4) is 0 Å². The number of ether oxygens (including phenoxy) is 2. The number of benzene rings is 3. The zero-order valence-electron chi connectivity index (χ0n) is 21.2. The third-order valence-corrected chi connectivity index (χ3v) is 7.85. The lowest BCUT2D eigenvalue weighted by atomic mass is 9.69. The SMILES string of the molecule is COCOc1c(B2OC(C)(C)C(C)(C)O2)cc(C)cc1C1(C)c2ccccc2-c2ccccc21. The van der Waals surface area contributed by atoms with Gasteiger partial charge >= 0.3 is 7.12 Å². The monoisotopic (exact) mass is 456 g/mol. The van der Waals surface area contributed by atoms with Gasteiger partial charge in [0.2, 0.25) is 0 Å². The molecule has 0 N–H and O–H groups in total. The summed E-state index contributed by atoms with van der Waals surface area (Å²) >= 11 is 0. The predicted octanol–water partition coefficient (Wildman–Crippen LogP) is 5.61. The molecule has 1 aliphatic carbocycles. The Kier molecular flexibility index (Phi) is 5.43. The summed E-state index contributed by atoms with van der Waals surface area (Å²) in [6.07, 6.45) is 0. The highest BCUT2D eigenvalue weighted by molar-refractivity contribution is 6.63. The fraction of sp³-hybridized carbons (Fsp3) is 0.379. The van der Waals surface area contributed by atoms with Gasteiger partial charge in [-0.25, -0.2) is 0 Å². The van der Waals surface area contributed by atoms with E-state index in [1.54, 1.807) is 7.11 Å². The highest BCUT2D eigenvalue weighted by Gasteiger charge is 2.53. The van der Waals surface area contributed by atoms with E-state index in [4.69, 9.17) is 18.8 Å². The van der Waals surface area contributed by atoms with Gasteiger partial charge in [-0.1, -0.05) is 66.2 Å². The second-order valence-electron chi connectivity index (χ2n) is 10.6. The van der Waals surface area contributed by atoms with Crippen LogP contribution in [0.25, 0.3) is 11.1 Å². The van der Waals surface area contributed by atoms with Crippen molar-refractivity contribution in [2.75, 3.05) is 13.9 Å². The Morgan fingerprint density at radius 3 is 1.82 bits per heavy atom. The van der Waals surface area contributed by atoms with Crippen molar-refractivity contribution in [2.24, 2.45) is 0 Å². The summed E-state index contributed by atoms with van der Waals surface area (Å²) in [4.78, 5) is 0. The molecular weight excluding hydrogens is 423 g/mol. The summed E-state index contributed by atoms with van der Waals surface area (Å²) in [7, 11) is 1.11. The van der Waals surface area contributed by atoms with Crippen LogP contribution in [0.15, 0.2) is 60.7 Å². The fourth-order valence-corrected chi connectivity index (χ4v) is 5.34. The van der Waals surface area contributed by atoms with Crippen LogP contribution in [0, 0.1) is 6.92 Å². The summed E-state index contributed by atoms with van der Waals surface area (Å²) in [5, 5.41) is 0. The number of hydrogen-bond donors (Lipinski definition) is 0. The summed E-state index contributed by atoms with van der Waals surface area (Å²) in [5.74, 6) is 0.764. The summed E-state index contributed by atoms with van der Waals surface area (Å²) in [5.41, 5.74) is 6.88. The van der Waals surface area contributed by atoms with E-state index in [-0.39, 0.29) is 6.79 Å². The molecule has 1 fully saturated rings. The van der Waals surface area contributed by atoms with Crippen molar-refractivity contribution < 1.29 is 18.8 Å². The van der Waals surface area contributed by atoms with Gasteiger partial charge in [-0.05, 0) is 63.8 Å². The molecule has 1 aliphatic heterocycles. The molecule has 5 rings (SSSR count). The molecule has 0 bridgehead atoms. The van der Waals surface area contributed by atoms with Crippen molar-refractivity contribution in [2.45, 2.75) is 58.2 Å². The summed E-state index contributed by atoms with van der Waals surface area (Å²) < 4.78 is 24.7. The van der Waals surface area contributed by atoms with Gasteiger partial charge in [0.1, 0.15) is 5.75 Å². The minimum absolute atomic E-state index is 0.141. The molecule has 34 heavy (non-hydrogen) atoms. The molecular formula is C29H33BO4. The summed E-state index contributed by atoms with van der Waals surface area (Å²) in [6, 6.07) is 21.7. The van der Waals surface area contributed by atoms with Crippen LogP contribution in [0.4, 0.5) is 0 Å². The van der Waals surface area contributed by atoms with E-state index in [0.29, 0.717) is 0 Å². The Bertz CT molecular complexity index is 1190. The van der Waals surface area contributed by atoms with Crippen LogP contribution < -0.4 is 10.2 Å². The average molecular weight is 456 g/mol. The number of methoxy groups -OCH3 is 1. The number of fused-ring (bicyclic) bond motifs is 3. The first-order valence-electron chi connectivity index (χ1n) is 11.9. The van der Waals surface area contributed by atoms with Gasteiger partial charge in [0, 0.05) is 23.6 Å². The average Bonchev–Trinajstić information content (AvgIpc) is 3.19. The van der Waals surface area contributed by atoms with Gasteiger partial charge in [-0.3, -0.25) is 0 Å². The van der Waals surface area contributed by atoms with E-state index < -0.39 is 23.7 Å². The molecule has 1 saturated heterocycles. The minimum atomic E-state index is -0.536. The van der Waals surface area contributed by atoms with Gasteiger partial charge < -0.3 is 18.8 Å². The van der Waals surface area contributed by atoms with Crippen LogP contribution in [0.5, 0.6) is 5.75 Å². The molecule has 2 aliphatic rings. The molecule has 176 valence electrons. The quantitative estimate of drug-likeness (QED) is 0.369. The second-order valence-corrected chi connectivity index (χ2v) is 10.6. The van der Waals surface area contributed by atoms with E-state index in [9.17, 15) is 0 Å². The Morgan fingerprint density at radius 2 is 1.29 bits per heavy atom. The molecule has 0 unspecified atom stereocenters. The third kappa shape index (κ3) is 3.33. The lowest BCUT2D eigenvalue weighted by Crippen LogP contribution is -2.41. The molecule has 0 amide bonds. The van der Waals surface area contributed by atoms with Crippen molar-refractivity contribution in [1.82, 2.24) is 0 Å². The van der Waals surface area contributed by atoms with Crippen molar-refractivity contribution in [1.29, 1.82) is 0 Å². The zero-order valence-corrected chi connectivity index (χ0v) is 21.2. The first kappa shape index (κ1) is 23.2. The minimum Gasteiger partial charge on any atom is -0.468 e. The zero-order chi connectivity index (χ0) is 24.3. The smallest absolute Gasteiger partial charge is 0.468 e. The molecule has 4 nitrogen and oxygen atoms in total. The van der Waals surface area contributed by atoms with Crippen LogP contribution in [-0.2, 0) is 19.5 Å². The Labute approximate surface area is 203 Å². The van der Waals surface area contributed by atoms with Crippen molar-refractivity contribution in [3.05, 3.63) is 82.9 Å². The maximum Gasteiger partial charge on any atom is 0.498 e. The Morgan fingerprint density at radius 1 is 0.765 bits per heavy atom. The maximum absolute atomic E-state index is 6.47. The number of rotatable bonds is 5. The highest BCUT2D eigenvalue weighted by Crippen LogP contribution is 2.54. The van der Waals surface area contributed by atoms with Crippen LogP contribution >= 0.6 is 0 Å². The molecule has 3 aromatic rings. The molecule has 3 aromatic carbocycles. The van der Waals surface area contributed by atoms with Crippen molar-refractivity contribution in [3.63, 3.8) is 0 Å². The molecule has 5 heteroatoms. The largest absolute Gasteiger partial charge is 0.498 e. The van der Waals surface area contributed by atoms with Crippen molar-refractivity contribution in [3.8, 4) is 16.9 Å². The van der Waals surface area contributed by atoms with Gasteiger partial charge in [0.05, 0.1) is 11.2 Å². The molecule has 0 atom stereocenters. The van der Waals surface area contributed by atoms with Gasteiger partial charge in [0.15, 0.2) is 6.79 Å². The first-order chi connectivity index (χ1) is 16.1. The lowest BCUT2D eigenvalue weighted by Gasteiger charge is -2.32. The molecule has 0 radical (unpaired) electrons. The molecule has 0 saturated carbocycles. The molecule has 0 aromatic heterocycles. The van der Waals surface area contributed by atoms with Crippen LogP contribution in [0.1, 0.15) is 56.9 Å². The topological polar surface area (TPSA) is 36.9 Å². The standard InChI is InChI=1S/C29H33BO4/c1-19-16-24(29(6)22-14-10-8-12-20(22)21-13-9-11-15-23(21)29)26(32-18-31-7)25(17-19)30-33-27(2,3)28(4,5)34-30/h8-17H,18H2,1-7H3. The summed E-state index contributed by atoms with van der Waals surface area (Å²) in [6.45, 7) is 12.8. The van der Waals surface area contributed by atoms with E-state index >= 15 is 0 Å². The normalized spacial score (nSPS) is 19.1. The van der Waals surface area contributed by atoms with Crippen LogP contribution in [-0.4, -0.2) is 32.2 Å². The predicted molar refractivity (Wildman–Crippen MR) is 137 cm³/mol. The van der Waals surface area contributed by atoms with E-state index in [1.165, 1.54) is 22.3 Å². The Balaban J connectivity index is 1.76. The fourth-order valence-electron chi connectivity index (χ4n) is 5.34. The molecule has 1 heterocycles. The van der Waals surface area contributed by atoms with E-state index in [2.05, 4.69) is 102 Å². The van der Waals surface area contributed by atoms with E-state index in [1.807, 2.05) is 0 Å². The van der Waals surface area contributed by atoms with Crippen molar-refractivity contribution >= 4 is 12.6 Å². The van der Waals surface area contributed by atoms with E-state index in [0.717, 1.165) is 22.3 Å². The lowest BCUT2D eigenvalue weighted by molar-refractivity contribution is 0.00578. The number of aryl methyl sites for hydroxylation is 1. The maximum atomic E-state index is 6.47. The van der Waals surface area contributed by atoms with Gasteiger partial charge in [0.25, 0.3) is 0 Å². The Hall–Kier alpha value is -2.60. The first-order valence-corrected chi connectivity index (χ1v) is 11.9. The number of hydrogen-bond acceptors (Lipinski definition) is 4.